The standard InChI is InChI=1S/C17H18N6O3S/c24-27(25,12-5-2-1-3-6-12)23-10-4-7-13(23)17-19-16(22-26-17)15-18-14(20-21-15)11-8-9-11/h1-3,5-6,11,13H,4,7-10H2,(H,18,20,21)/t13-/m1/s1. The largest absolute Gasteiger partial charge is 0.337 e. The number of H-pyrrole nitrogens is 1. The predicted octanol–water partition coefficient (Wildman–Crippen LogP) is 2.26. The van der Waals surface area contributed by atoms with Crippen LogP contribution in [0.5, 0.6) is 0 Å². The lowest BCUT2D eigenvalue weighted by Crippen LogP contribution is -2.30. The Morgan fingerprint density at radius 1 is 1.07 bits per heavy atom. The summed E-state index contributed by atoms with van der Waals surface area (Å²) in [6, 6.07) is 7.93. The Morgan fingerprint density at radius 2 is 1.89 bits per heavy atom. The Hall–Kier alpha value is -2.59. The molecule has 5 rings (SSSR count). The predicted molar refractivity (Wildman–Crippen MR) is 94.0 cm³/mol. The summed E-state index contributed by atoms with van der Waals surface area (Å²) in [5.74, 6) is 2.21. The highest BCUT2D eigenvalue weighted by molar-refractivity contribution is 7.89. The first-order chi connectivity index (χ1) is 13.1. The van der Waals surface area contributed by atoms with Crippen molar-refractivity contribution in [2.45, 2.75) is 42.5 Å². The van der Waals surface area contributed by atoms with Crippen LogP contribution in [0.15, 0.2) is 39.8 Å². The van der Waals surface area contributed by atoms with E-state index >= 15 is 0 Å². The topological polar surface area (TPSA) is 118 Å². The van der Waals surface area contributed by atoms with Gasteiger partial charge in [0.2, 0.25) is 27.6 Å². The summed E-state index contributed by atoms with van der Waals surface area (Å²) >= 11 is 0. The third kappa shape index (κ3) is 2.94. The van der Waals surface area contributed by atoms with Crippen LogP contribution in [0.25, 0.3) is 11.6 Å². The van der Waals surface area contributed by atoms with Crippen LogP contribution < -0.4 is 0 Å². The van der Waals surface area contributed by atoms with Crippen molar-refractivity contribution in [2.75, 3.05) is 6.54 Å². The zero-order chi connectivity index (χ0) is 18.4. The lowest BCUT2D eigenvalue weighted by Gasteiger charge is -2.21. The lowest BCUT2D eigenvalue weighted by molar-refractivity contribution is 0.290. The fourth-order valence-corrected chi connectivity index (χ4v) is 5.05. The normalized spacial score (nSPS) is 21.0. The minimum Gasteiger partial charge on any atom is -0.337 e. The van der Waals surface area contributed by atoms with Crippen molar-refractivity contribution >= 4 is 10.0 Å². The van der Waals surface area contributed by atoms with Gasteiger partial charge in [-0.3, -0.25) is 5.10 Å². The molecule has 2 aromatic heterocycles. The summed E-state index contributed by atoms with van der Waals surface area (Å²) in [5, 5.41) is 11.0. The van der Waals surface area contributed by atoms with Gasteiger partial charge >= 0.3 is 0 Å². The summed E-state index contributed by atoms with van der Waals surface area (Å²) in [7, 11) is -3.62. The number of sulfonamides is 1. The minimum atomic E-state index is -3.62. The van der Waals surface area contributed by atoms with Gasteiger partial charge < -0.3 is 4.52 Å². The van der Waals surface area contributed by atoms with Gasteiger partial charge in [-0.05, 0) is 37.8 Å². The summed E-state index contributed by atoms with van der Waals surface area (Å²) in [5.41, 5.74) is 0. The molecule has 2 fully saturated rings. The molecule has 1 aromatic carbocycles. The molecule has 3 aromatic rings. The third-order valence-corrected chi connectivity index (χ3v) is 6.87. The van der Waals surface area contributed by atoms with Crippen molar-refractivity contribution in [1.29, 1.82) is 0 Å². The van der Waals surface area contributed by atoms with Gasteiger partial charge in [-0.15, -0.1) is 5.10 Å². The van der Waals surface area contributed by atoms with Gasteiger partial charge in [0.15, 0.2) is 0 Å². The molecule has 1 saturated heterocycles. The molecule has 1 aliphatic carbocycles. The molecule has 2 aliphatic rings. The van der Waals surface area contributed by atoms with Crippen LogP contribution >= 0.6 is 0 Å². The van der Waals surface area contributed by atoms with E-state index in [2.05, 4.69) is 25.3 Å². The zero-order valence-corrected chi connectivity index (χ0v) is 15.3. The van der Waals surface area contributed by atoms with Crippen LogP contribution in [0.3, 0.4) is 0 Å². The highest BCUT2D eigenvalue weighted by Crippen LogP contribution is 2.39. The fraction of sp³-hybridized carbons (Fsp3) is 0.412. The molecule has 0 unspecified atom stereocenters. The average Bonchev–Trinajstić information content (AvgIpc) is 3.11. The maximum atomic E-state index is 13.0. The number of aromatic amines is 1. The van der Waals surface area contributed by atoms with Crippen molar-refractivity contribution in [3.8, 4) is 11.6 Å². The first-order valence-electron chi connectivity index (χ1n) is 8.96. The van der Waals surface area contributed by atoms with E-state index in [-0.39, 0.29) is 16.6 Å². The molecular weight excluding hydrogens is 368 g/mol. The SMILES string of the molecule is O=S(=O)(c1ccccc1)N1CCC[C@@H]1c1nc(-c2n[nH]c(C3CC3)n2)no1. The molecule has 0 radical (unpaired) electrons. The summed E-state index contributed by atoms with van der Waals surface area (Å²) in [6.45, 7) is 0.423. The molecule has 0 amide bonds. The van der Waals surface area contributed by atoms with Gasteiger partial charge in [-0.25, -0.2) is 13.4 Å². The van der Waals surface area contributed by atoms with Gasteiger partial charge in [-0.1, -0.05) is 23.4 Å². The first kappa shape index (κ1) is 16.6. The molecule has 9 nitrogen and oxygen atoms in total. The molecule has 0 spiro atoms. The van der Waals surface area contributed by atoms with Crippen molar-refractivity contribution in [1.82, 2.24) is 29.6 Å². The summed E-state index contributed by atoms with van der Waals surface area (Å²) < 4.78 is 32.8. The molecule has 0 bridgehead atoms. The van der Waals surface area contributed by atoms with Crippen LogP contribution in [-0.4, -0.2) is 44.6 Å². The van der Waals surface area contributed by atoms with Crippen molar-refractivity contribution < 1.29 is 12.9 Å². The van der Waals surface area contributed by atoms with E-state index in [0.29, 0.717) is 24.7 Å². The number of aromatic nitrogens is 5. The molecule has 1 aliphatic heterocycles. The van der Waals surface area contributed by atoms with E-state index < -0.39 is 16.1 Å². The van der Waals surface area contributed by atoms with Crippen LogP contribution in [0.4, 0.5) is 0 Å². The van der Waals surface area contributed by atoms with E-state index in [9.17, 15) is 8.42 Å². The maximum absolute atomic E-state index is 13.0. The lowest BCUT2D eigenvalue weighted by atomic mass is 10.2. The van der Waals surface area contributed by atoms with Gasteiger partial charge in [-0.2, -0.15) is 9.29 Å². The molecule has 1 saturated carbocycles. The van der Waals surface area contributed by atoms with Gasteiger partial charge in [0.25, 0.3) is 0 Å². The molecule has 1 atom stereocenters. The molecule has 1 N–H and O–H groups in total. The summed E-state index contributed by atoms with van der Waals surface area (Å²) in [4.78, 5) is 9.06. The Labute approximate surface area is 155 Å². The van der Waals surface area contributed by atoms with Crippen LogP contribution in [0.2, 0.25) is 0 Å². The number of hydrogen-bond donors (Lipinski definition) is 1. The van der Waals surface area contributed by atoms with Crippen LogP contribution in [0.1, 0.15) is 49.4 Å². The average molecular weight is 386 g/mol. The van der Waals surface area contributed by atoms with E-state index in [4.69, 9.17) is 4.52 Å². The van der Waals surface area contributed by atoms with Gasteiger partial charge in [0.05, 0.1) is 4.90 Å². The second-order valence-electron chi connectivity index (χ2n) is 6.86. The molecule has 10 heteroatoms. The highest BCUT2D eigenvalue weighted by atomic mass is 32.2. The molecule has 3 heterocycles. The second-order valence-corrected chi connectivity index (χ2v) is 8.75. The quantitative estimate of drug-likeness (QED) is 0.714. The van der Waals surface area contributed by atoms with Gasteiger partial charge in [0.1, 0.15) is 11.9 Å². The smallest absolute Gasteiger partial charge is 0.245 e. The van der Waals surface area contributed by atoms with Crippen LogP contribution in [-0.2, 0) is 10.0 Å². The molecule has 140 valence electrons. The second kappa shape index (κ2) is 6.24. The number of nitrogens with one attached hydrogen (secondary N) is 1. The van der Waals surface area contributed by atoms with E-state index in [0.717, 1.165) is 25.1 Å². The minimum absolute atomic E-state index is 0.264. The number of benzene rings is 1. The zero-order valence-electron chi connectivity index (χ0n) is 14.4. The number of hydrogen-bond acceptors (Lipinski definition) is 7. The van der Waals surface area contributed by atoms with Gasteiger partial charge in [0, 0.05) is 12.5 Å². The van der Waals surface area contributed by atoms with Crippen LogP contribution in [0, 0.1) is 0 Å². The molecule has 27 heavy (non-hydrogen) atoms. The Kier molecular flexibility index (Phi) is 3.83. The highest BCUT2D eigenvalue weighted by Gasteiger charge is 2.39. The van der Waals surface area contributed by atoms with E-state index in [1.807, 2.05) is 0 Å². The van der Waals surface area contributed by atoms with Crippen molar-refractivity contribution in [3.05, 3.63) is 42.0 Å². The number of nitrogens with zero attached hydrogens (tertiary/aromatic N) is 5. The maximum Gasteiger partial charge on any atom is 0.245 e. The number of rotatable bonds is 5. The van der Waals surface area contributed by atoms with E-state index in [1.54, 1.807) is 30.3 Å². The van der Waals surface area contributed by atoms with E-state index in [1.165, 1.54) is 4.31 Å². The van der Waals surface area contributed by atoms with Crippen molar-refractivity contribution in [3.63, 3.8) is 0 Å². The first-order valence-corrected chi connectivity index (χ1v) is 10.4. The summed E-state index contributed by atoms with van der Waals surface area (Å²) in [6.07, 6.45) is 3.59. The Bertz CT molecular complexity index is 1060. The fourth-order valence-electron chi connectivity index (χ4n) is 3.38. The molecular formula is C17H18N6O3S. The Morgan fingerprint density at radius 3 is 2.67 bits per heavy atom. The monoisotopic (exact) mass is 386 g/mol. The Balaban J connectivity index is 1.43. The third-order valence-electron chi connectivity index (χ3n) is 4.95. The van der Waals surface area contributed by atoms with Crippen molar-refractivity contribution in [2.24, 2.45) is 0 Å².